The van der Waals surface area contributed by atoms with Crippen LogP contribution in [0.15, 0.2) is 34.9 Å². The Morgan fingerprint density at radius 2 is 1.30 bits per heavy atom. The molecule has 24 heteroatoms. The van der Waals surface area contributed by atoms with E-state index in [1.807, 2.05) is 27.7 Å². The summed E-state index contributed by atoms with van der Waals surface area (Å²) in [6.45, 7) is 7.69. The zero-order valence-corrected chi connectivity index (χ0v) is 36.9. The molecule has 23 nitrogen and oxygen atoms in total. The maximum atomic E-state index is 13.2. The Morgan fingerprint density at radius 3 is 1.86 bits per heavy atom. The number of aliphatic hydroxyl groups excluding tert-OH is 6. The zero-order chi connectivity index (χ0) is 47.3. The van der Waals surface area contributed by atoms with E-state index in [1.54, 1.807) is 6.08 Å². The van der Waals surface area contributed by atoms with E-state index in [4.69, 9.17) is 53.7 Å². The molecule has 0 spiro atoms. The number of phosphoric acid groups is 1. The van der Waals surface area contributed by atoms with E-state index in [0.29, 0.717) is 6.42 Å². The van der Waals surface area contributed by atoms with Gasteiger partial charge in [0.15, 0.2) is 37.2 Å². The minimum atomic E-state index is -5.75. The van der Waals surface area contributed by atoms with Crippen LogP contribution in [0.2, 0.25) is 0 Å². The van der Waals surface area contributed by atoms with E-state index in [1.165, 1.54) is 25.0 Å². The molecule has 0 aromatic rings. The van der Waals surface area contributed by atoms with Crippen molar-refractivity contribution in [2.24, 2.45) is 23.3 Å². The summed E-state index contributed by atoms with van der Waals surface area (Å²) in [7, 11) is -5.75. The number of carboxylic acid groups (broad SMARTS) is 1. The summed E-state index contributed by atoms with van der Waals surface area (Å²) in [4.78, 5) is 49.4. The fourth-order valence-electron chi connectivity index (χ4n) is 6.91. The Hall–Kier alpha value is -2.94. The summed E-state index contributed by atoms with van der Waals surface area (Å²) in [5, 5.41) is 74.9. The van der Waals surface area contributed by atoms with Crippen LogP contribution in [0.3, 0.4) is 0 Å². The third-order valence-electron chi connectivity index (χ3n) is 10.7. The van der Waals surface area contributed by atoms with Gasteiger partial charge in [-0.2, -0.15) is 0 Å². The number of hydrogen-bond donors (Lipinski definition) is 8. The van der Waals surface area contributed by atoms with Gasteiger partial charge in [0.05, 0.1) is 44.6 Å². The smallest absolute Gasteiger partial charge is 0.404 e. The first-order valence-corrected chi connectivity index (χ1v) is 21.9. The summed E-state index contributed by atoms with van der Waals surface area (Å²) in [5.74, 6) is -5.37. The summed E-state index contributed by atoms with van der Waals surface area (Å²) in [5.41, 5.74) is 13.9. The predicted molar refractivity (Wildman–Crippen MR) is 211 cm³/mol. The third kappa shape index (κ3) is 15.9. The molecule has 3 fully saturated rings. The topological polar surface area (TPSA) is 371 Å². The molecule has 0 bridgehead atoms. The highest BCUT2D eigenvalue weighted by atomic mass is 31.2. The number of aliphatic hydroxyl groups is 6. The Morgan fingerprint density at radius 1 is 0.746 bits per heavy atom. The molecule has 3 saturated heterocycles. The van der Waals surface area contributed by atoms with Crippen molar-refractivity contribution in [3.63, 3.8) is 0 Å². The molecule has 362 valence electrons. The number of nitrogens with two attached hydrogens (primary N) is 2. The number of allylic oxidation sites excluding steroid dienone is 5. The SMILES string of the molecule is CC(C)=CCC/C(C)=C/CC/C(C)=C\CO[C@@H](COP(=O)([O-])O[C@@H]1OC(C(N)=O)[C@H](O)[C@H](OC(N)=O)C1O[C@@H]1OC(CO)[C@H](O[C@@H]2OC(CO)[C@H](O)[C@H](O)C2C)[C@H](O)C1C)C(=O)[O-]. The molecule has 0 aromatic carbocycles. The second kappa shape index (κ2) is 25.1. The van der Waals surface area contributed by atoms with E-state index in [2.05, 4.69) is 12.2 Å². The number of carbonyl (C=O) groups is 3. The van der Waals surface area contributed by atoms with Crippen LogP contribution in [-0.2, 0) is 56.4 Å². The molecule has 63 heavy (non-hydrogen) atoms. The van der Waals surface area contributed by atoms with Crippen molar-refractivity contribution >= 4 is 25.8 Å². The maximum Gasteiger partial charge on any atom is 0.404 e. The Balaban J connectivity index is 1.77. The van der Waals surface area contributed by atoms with Crippen molar-refractivity contribution in [3.8, 4) is 0 Å². The molecular formula is C39H63N2O21P-2. The lowest BCUT2D eigenvalue weighted by molar-refractivity contribution is -0.370. The van der Waals surface area contributed by atoms with E-state index in [0.717, 1.165) is 24.8 Å². The van der Waals surface area contributed by atoms with Gasteiger partial charge in [-0.3, -0.25) is 13.9 Å². The van der Waals surface area contributed by atoms with Gasteiger partial charge in [0.25, 0.3) is 7.82 Å². The van der Waals surface area contributed by atoms with E-state index < -0.39 is 143 Å². The normalized spacial score (nSPS) is 35.6. The van der Waals surface area contributed by atoms with Gasteiger partial charge in [0.2, 0.25) is 5.91 Å². The van der Waals surface area contributed by atoms with Crippen LogP contribution < -0.4 is 21.5 Å². The van der Waals surface area contributed by atoms with Crippen LogP contribution in [0.4, 0.5) is 4.79 Å². The molecule has 3 rings (SSSR count). The van der Waals surface area contributed by atoms with Crippen LogP contribution in [0.1, 0.15) is 67.2 Å². The molecule has 3 heterocycles. The van der Waals surface area contributed by atoms with Gasteiger partial charge in [0.1, 0.15) is 36.6 Å². The second-order valence-corrected chi connectivity index (χ2v) is 17.4. The quantitative estimate of drug-likeness (QED) is 0.0392. The minimum Gasteiger partial charge on any atom is -0.756 e. The molecule has 0 saturated carbocycles. The Labute approximate surface area is 365 Å². The number of rotatable bonds is 23. The minimum absolute atomic E-state index is 0.264. The molecular weight excluding hydrogens is 863 g/mol. The first kappa shape index (κ1) is 54.4. The fourth-order valence-corrected chi connectivity index (χ4v) is 7.72. The maximum absolute atomic E-state index is 13.2. The molecule has 0 aromatic heterocycles. The Kier molecular flexibility index (Phi) is 21.7. The first-order chi connectivity index (χ1) is 29.5. The van der Waals surface area contributed by atoms with Gasteiger partial charge in [-0.05, 0) is 53.4 Å². The lowest BCUT2D eigenvalue weighted by Crippen LogP contribution is -2.66. The number of hydrogen-bond acceptors (Lipinski definition) is 21. The standard InChI is InChI=1S/C39H65N2O21P/c1-18(2)9-7-10-19(3)11-8-12-20(4)13-14-54-25(35(49)50)17-55-63(52,53)62-38-33(31(61-39(41)51)29(47)32(59-38)34(40)48)60-37-22(6)27(45)30(24(16-43)57-37)58-36-21(5)26(44)28(46)23(15-42)56-36/h9,11,13,21-33,36-38,42-47H,7-8,10,12,14-17H2,1-6H3,(H2,40,48)(H2,41,51)(H,49,50)(H,52,53)/p-2/b19-11+,20-13-/t21?,22?,23?,24?,25-,26+,27+,28-,29+,30-,31-,32?,33?,36-,37-,38-/m0/s1. The molecule has 3 aliphatic heterocycles. The number of ether oxygens (including phenoxy) is 7. The van der Waals surface area contributed by atoms with Crippen molar-refractivity contribution in [2.75, 3.05) is 26.4 Å². The summed E-state index contributed by atoms with van der Waals surface area (Å²) < 4.78 is 62.0. The van der Waals surface area contributed by atoms with Gasteiger partial charge in [-0.25, -0.2) is 4.79 Å². The van der Waals surface area contributed by atoms with Crippen molar-refractivity contribution in [3.05, 3.63) is 34.9 Å². The van der Waals surface area contributed by atoms with Gasteiger partial charge >= 0.3 is 6.09 Å². The van der Waals surface area contributed by atoms with Gasteiger partial charge < -0.3 is 94.6 Å². The summed E-state index contributed by atoms with van der Waals surface area (Å²) >= 11 is 0. The molecule has 2 amide bonds. The van der Waals surface area contributed by atoms with Crippen LogP contribution in [0, 0.1) is 11.8 Å². The lowest BCUT2D eigenvalue weighted by atomic mass is 9.90. The van der Waals surface area contributed by atoms with Gasteiger partial charge in [-0.15, -0.1) is 0 Å². The van der Waals surface area contributed by atoms with Crippen LogP contribution in [-0.4, -0.2) is 161 Å². The van der Waals surface area contributed by atoms with Crippen LogP contribution >= 0.6 is 7.82 Å². The summed E-state index contributed by atoms with van der Waals surface area (Å²) in [6, 6.07) is 0. The third-order valence-corrected chi connectivity index (χ3v) is 11.6. The predicted octanol–water partition coefficient (Wildman–Crippen LogP) is -2.36. The number of phosphoric ester groups is 1. The number of carbonyl (C=O) groups excluding carboxylic acids is 3. The second-order valence-electron chi connectivity index (χ2n) is 16.0. The van der Waals surface area contributed by atoms with E-state index >= 15 is 0 Å². The van der Waals surface area contributed by atoms with Crippen LogP contribution in [0.25, 0.3) is 0 Å². The van der Waals surface area contributed by atoms with Crippen molar-refractivity contribution in [1.82, 2.24) is 0 Å². The number of primary amides is 2. The number of aliphatic carboxylic acids is 1. The lowest BCUT2D eigenvalue weighted by Gasteiger charge is -2.49. The average Bonchev–Trinajstić information content (AvgIpc) is 3.20. The zero-order valence-electron chi connectivity index (χ0n) is 36.0. The highest BCUT2D eigenvalue weighted by Gasteiger charge is 2.55. The van der Waals surface area contributed by atoms with Gasteiger partial charge in [0, 0.05) is 11.8 Å². The largest absolute Gasteiger partial charge is 0.756 e. The summed E-state index contributed by atoms with van der Waals surface area (Å²) in [6.07, 6.45) is -17.2. The molecule has 0 aliphatic carbocycles. The van der Waals surface area contributed by atoms with Gasteiger partial charge in [-0.1, -0.05) is 48.8 Å². The highest BCUT2D eigenvalue weighted by Crippen LogP contribution is 2.44. The molecule has 10 N–H and O–H groups in total. The Bertz CT molecular complexity index is 1640. The first-order valence-electron chi connectivity index (χ1n) is 20.4. The molecule has 3 aliphatic rings. The monoisotopic (exact) mass is 926 g/mol. The van der Waals surface area contributed by atoms with E-state index in [9.17, 15) is 59.6 Å². The molecule has 17 atom stereocenters. The van der Waals surface area contributed by atoms with Crippen molar-refractivity contribution in [1.29, 1.82) is 0 Å². The van der Waals surface area contributed by atoms with E-state index in [-0.39, 0.29) is 6.61 Å². The number of carboxylic acids is 1. The molecule has 0 radical (unpaired) electrons. The average molecular weight is 927 g/mol. The van der Waals surface area contributed by atoms with Crippen molar-refractivity contribution in [2.45, 2.75) is 153 Å². The highest BCUT2D eigenvalue weighted by molar-refractivity contribution is 7.45. The van der Waals surface area contributed by atoms with Crippen LogP contribution in [0.5, 0.6) is 0 Å². The molecule has 7 unspecified atom stereocenters. The van der Waals surface area contributed by atoms with Crippen molar-refractivity contribution < 1.29 is 102 Å². The fraction of sp³-hybridized carbons (Fsp3) is 0.769. The number of amides is 2.